The van der Waals surface area contributed by atoms with E-state index in [-0.39, 0.29) is 0 Å². The lowest BCUT2D eigenvalue weighted by Gasteiger charge is -2.28. The van der Waals surface area contributed by atoms with E-state index >= 15 is 0 Å². The Labute approximate surface area is 87.9 Å². The van der Waals surface area contributed by atoms with Crippen LogP contribution in [-0.4, -0.2) is 11.8 Å². The van der Waals surface area contributed by atoms with E-state index in [4.69, 9.17) is 0 Å². The number of thiophene rings is 1. The molecule has 2 heterocycles. The van der Waals surface area contributed by atoms with Gasteiger partial charge in [0.2, 0.25) is 0 Å². The van der Waals surface area contributed by atoms with Crippen molar-refractivity contribution in [1.82, 2.24) is 5.32 Å². The van der Waals surface area contributed by atoms with E-state index in [2.05, 4.69) is 30.6 Å². The van der Waals surface area contributed by atoms with Crippen LogP contribution in [0.15, 0.2) is 11.4 Å². The second kappa shape index (κ2) is 4.03. The summed E-state index contributed by atoms with van der Waals surface area (Å²) in [7, 11) is 0. The van der Waals surface area contributed by atoms with Crippen molar-refractivity contribution in [3.8, 4) is 0 Å². The molecule has 1 fully saturated rings. The van der Waals surface area contributed by atoms with Gasteiger partial charge in [0.05, 0.1) is 5.37 Å². The first-order valence-electron chi connectivity index (χ1n) is 4.69. The first-order valence-corrected chi connectivity index (χ1v) is 6.62. The van der Waals surface area contributed by atoms with Crippen LogP contribution in [-0.2, 0) is 0 Å². The number of thioether (sulfide) groups is 1. The molecular weight excluding hydrogens is 198 g/mol. The Bertz CT molecular complexity index is 282. The highest BCUT2D eigenvalue weighted by Crippen LogP contribution is 2.35. The quantitative estimate of drug-likeness (QED) is 0.769. The zero-order valence-corrected chi connectivity index (χ0v) is 9.67. The average molecular weight is 213 g/mol. The molecule has 2 rings (SSSR count). The molecule has 1 nitrogen and oxygen atoms in total. The van der Waals surface area contributed by atoms with Crippen LogP contribution in [0, 0.1) is 6.92 Å². The maximum Gasteiger partial charge on any atom is 0.0887 e. The summed E-state index contributed by atoms with van der Waals surface area (Å²) < 4.78 is 0. The molecule has 13 heavy (non-hydrogen) atoms. The van der Waals surface area contributed by atoms with E-state index in [9.17, 15) is 0 Å². The summed E-state index contributed by atoms with van der Waals surface area (Å²) >= 11 is 3.91. The molecule has 0 saturated carbocycles. The van der Waals surface area contributed by atoms with Gasteiger partial charge in [0.15, 0.2) is 0 Å². The Morgan fingerprint density at radius 1 is 1.54 bits per heavy atom. The van der Waals surface area contributed by atoms with Gasteiger partial charge in [-0.3, -0.25) is 5.32 Å². The van der Waals surface area contributed by atoms with Gasteiger partial charge in [-0.15, -0.1) is 23.1 Å². The predicted octanol–water partition coefficient (Wildman–Crippen LogP) is 3.17. The topological polar surface area (TPSA) is 12.0 Å². The lowest BCUT2D eigenvalue weighted by molar-refractivity contribution is 0.514. The molecule has 1 aromatic rings. The zero-order chi connectivity index (χ0) is 9.26. The Balaban J connectivity index is 2.12. The van der Waals surface area contributed by atoms with E-state index in [1.165, 1.54) is 22.6 Å². The lowest BCUT2D eigenvalue weighted by Crippen LogP contribution is -2.33. The highest BCUT2D eigenvalue weighted by molar-refractivity contribution is 7.99. The summed E-state index contributed by atoms with van der Waals surface area (Å²) in [4.78, 5) is 1.51. The second-order valence-corrected chi connectivity index (χ2v) is 5.74. The second-order valence-electron chi connectivity index (χ2n) is 3.58. The standard InChI is InChI=1S/C10H15NS2/c1-7-3-5-12-9(7)10-11-8(2)4-6-13-10/h3,5,8,10-11H,4,6H2,1-2H3. The van der Waals surface area contributed by atoms with Crippen LogP contribution in [0.25, 0.3) is 0 Å². The zero-order valence-electron chi connectivity index (χ0n) is 8.04. The highest BCUT2D eigenvalue weighted by Gasteiger charge is 2.21. The molecule has 0 aliphatic carbocycles. The van der Waals surface area contributed by atoms with Crippen LogP contribution in [0.2, 0.25) is 0 Å². The van der Waals surface area contributed by atoms with Gasteiger partial charge in [0.25, 0.3) is 0 Å². The SMILES string of the molecule is Cc1ccsc1C1NC(C)CCS1. The van der Waals surface area contributed by atoms with Crippen molar-refractivity contribution < 1.29 is 0 Å². The van der Waals surface area contributed by atoms with Crippen molar-refractivity contribution in [1.29, 1.82) is 0 Å². The molecule has 72 valence electrons. The minimum atomic E-state index is 0.545. The Hall–Kier alpha value is 0.01000. The summed E-state index contributed by atoms with van der Waals surface area (Å²) in [5.74, 6) is 1.29. The monoisotopic (exact) mass is 213 g/mol. The highest BCUT2D eigenvalue weighted by atomic mass is 32.2. The van der Waals surface area contributed by atoms with Crippen LogP contribution in [0.4, 0.5) is 0 Å². The lowest BCUT2D eigenvalue weighted by atomic mass is 10.2. The summed E-state index contributed by atoms with van der Waals surface area (Å²) in [5, 5.41) is 6.36. The summed E-state index contributed by atoms with van der Waals surface area (Å²) in [6.45, 7) is 4.48. The number of hydrogen-bond donors (Lipinski definition) is 1. The third-order valence-electron chi connectivity index (χ3n) is 2.41. The molecule has 3 heteroatoms. The first-order chi connectivity index (χ1) is 6.27. The minimum absolute atomic E-state index is 0.545. The predicted molar refractivity (Wildman–Crippen MR) is 61.5 cm³/mol. The van der Waals surface area contributed by atoms with Crippen LogP contribution < -0.4 is 5.32 Å². The summed E-state index contributed by atoms with van der Waals surface area (Å²) in [6.07, 6.45) is 1.30. The molecule has 0 radical (unpaired) electrons. The Kier molecular flexibility index (Phi) is 2.96. The van der Waals surface area contributed by atoms with E-state index in [0.29, 0.717) is 11.4 Å². The molecule has 1 aliphatic rings. The third kappa shape index (κ3) is 2.09. The van der Waals surface area contributed by atoms with E-state index in [0.717, 1.165) is 0 Å². The third-order valence-corrected chi connectivity index (χ3v) is 4.82. The Morgan fingerprint density at radius 2 is 2.38 bits per heavy atom. The van der Waals surface area contributed by atoms with E-state index in [1.807, 2.05) is 23.1 Å². The van der Waals surface area contributed by atoms with Crippen molar-refractivity contribution in [3.63, 3.8) is 0 Å². The fourth-order valence-electron chi connectivity index (χ4n) is 1.56. The van der Waals surface area contributed by atoms with Gasteiger partial charge in [-0.05, 0) is 43.0 Å². The molecule has 1 aliphatic heterocycles. The largest absolute Gasteiger partial charge is 0.298 e. The molecule has 0 bridgehead atoms. The van der Waals surface area contributed by atoms with Crippen molar-refractivity contribution in [2.45, 2.75) is 31.7 Å². The number of hydrogen-bond acceptors (Lipinski definition) is 3. The van der Waals surface area contributed by atoms with Gasteiger partial charge in [0.1, 0.15) is 0 Å². The average Bonchev–Trinajstić information content (AvgIpc) is 2.51. The van der Waals surface area contributed by atoms with Crippen molar-refractivity contribution in [3.05, 3.63) is 21.9 Å². The van der Waals surface area contributed by atoms with Gasteiger partial charge in [0, 0.05) is 10.9 Å². The van der Waals surface area contributed by atoms with Crippen molar-refractivity contribution in [2.24, 2.45) is 0 Å². The maximum atomic E-state index is 3.63. The fourth-order valence-corrected chi connectivity index (χ4v) is 4.18. The molecular formula is C10H15NS2. The number of aryl methyl sites for hydroxylation is 1. The molecule has 0 amide bonds. The van der Waals surface area contributed by atoms with E-state index in [1.54, 1.807) is 0 Å². The van der Waals surface area contributed by atoms with Gasteiger partial charge >= 0.3 is 0 Å². The van der Waals surface area contributed by atoms with Gasteiger partial charge in [-0.2, -0.15) is 0 Å². The molecule has 1 aromatic heterocycles. The Morgan fingerprint density at radius 3 is 3.00 bits per heavy atom. The van der Waals surface area contributed by atoms with Crippen LogP contribution in [0.3, 0.4) is 0 Å². The number of rotatable bonds is 1. The first kappa shape index (κ1) is 9.56. The van der Waals surface area contributed by atoms with Crippen molar-refractivity contribution >= 4 is 23.1 Å². The van der Waals surface area contributed by atoms with Gasteiger partial charge < -0.3 is 0 Å². The van der Waals surface area contributed by atoms with Crippen LogP contribution >= 0.6 is 23.1 Å². The molecule has 1 saturated heterocycles. The number of nitrogens with one attached hydrogen (secondary N) is 1. The van der Waals surface area contributed by atoms with Crippen molar-refractivity contribution in [2.75, 3.05) is 5.75 Å². The summed E-state index contributed by atoms with van der Waals surface area (Å²) in [5.41, 5.74) is 1.43. The molecule has 2 atom stereocenters. The van der Waals surface area contributed by atoms with E-state index < -0.39 is 0 Å². The summed E-state index contributed by atoms with van der Waals surface area (Å²) in [6, 6.07) is 2.88. The molecule has 0 spiro atoms. The smallest absolute Gasteiger partial charge is 0.0887 e. The normalized spacial score (nSPS) is 29.1. The maximum absolute atomic E-state index is 3.63. The molecule has 0 aromatic carbocycles. The molecule has 1 N–H and O–H groups in total. The van der Waals surface area contributed by atoms with Gasteiger partial charge in [-0.1, -0.05) is 0 Å². The van der Waals surface area contributed by atoms with Gasteiger partial charge in [-0.25, -0.2) is 0 Å². The molecule has 2 unspecified atom stereocenters. The minimum Gasteiger partial charge on any atom is -0.298 e. The fraction of sp³-hybridized carbons (Fsp3) is 0.600. The van der Waals surface area contributed by atoms with Crippen LogP contribution in [0.1, 0.15) is 29.2 Å². The van der Waals surface area contributed by atoms with Crippen LogP contribution in [0.5, 0.6) is 0 Å².